The number of likely N-dealkylation sites (tertiary alicyclic amines) is 1. The van der Waals surface area contributed by atoms with Crippen LogP contribution < -0.4 is 5.32 Å². The molecule has 4 heterocycles. The first kappa shape index (κ1) is 28.8. The van der Waals surface area contributed by atoms with Gasteiger partial charge in [-0.15, -0.1) is 22.7 Å². The van der Waals surface area contributed by atoms with Gasteiger partial charge in [-0.25, -0.2) is 0 Å². The average molecular weight is 609 g/mol. The smallest absolute Gasteiger partial charge is 0.177 e. The Morgan fingerprint density at radius 1 is 0.628 bits per heavy atom. The van der Waals surface area contributed by atoms with Crippen molar-refractivity contribution in [1.29, 1.82) is 0 Å². The fourth-order valence-electron chi connectivity index (χ4n) is 7.98. The molecule has 1 N–H and O–H groups in total. The zero-order valence-corrected chi connectivity index (χ0v) is 26.5. The van der Waals surface area contributed by atoms with Crippen molar-refractivity contribution in [3.8, 4) is 0 Å². The first-order valence-electron chi connectivity index (χ1n) is 15.8. The lowest BCUT2D eigenvalue weighted by molar-refractivity contribution is 0.0988. The van der Waals surface area contributed by atoms with E-state index in [0.717, 1.165) is 35.9 Å². The molecule has 2 saturated heterocycles. The lowest BCUT2D eigenvalue weighted by Gasteiger charge is -2.35. The molecule has 2 atom stereocenters. The molecule has 4 aromatic rings. The van der Waals surface area contributed by atoms with Gasteiger partial charge >= 0.3 is 0 Å². The van der Waals surface area contributed by atoms with Crippen LogP contribution in [0.5, 0.6) is 0 Å². The molecule has 2 fully saturated rings. The maximum absolute atomic E-state index is 12.6. The largest absolute Gasteiger partial charge is 0.317 e. The van der Waals surface area contributed by atoms with Crippen LogP contribution in [0.1, 0.15) is 90.2 Å². The Morgan fingerprint density at radius 3 is 1.60 bits per heavy atom. The Bertz CT molecular complexity index is 1610. The Kier molecular flexibility index (Phi) is 8.46. The van der Waals surface area contributed by atoms with E-state index in [1.807, 2.05) is 0 Å². The van der Waals surface area contributed by atoms with Crippen LogP contribution in [-0.4, -0.2) is 49.7 Å². The van der Waals surface area contributed by atoms with Crippen LogP contribution in [0.2, 0.25) is 0 Å². The summed E-state index contributed by atoms with van der Waals surface area (Å²) in [6.45, 7) is 4.51. The Balaban J connectivity index is 0.000000140. The number of fused-ring (bicyclic) bond motifs is 4. The summed E-state index contributed by atoms with van der Waals surface area (Å²) in [7, 11) is 2.21. The van der Waals surface area contributed by atoms with E-state index >= 15 is 0 Å². The van der Waals surface area contributed by atoms with E-state index in [2.05, 4.69) is 88.7 Å². The summed E-state index contributed by atoms with van der Waals surface area (Å²) in [6.07, 6.45) is 5.96. The second-order valence-electron chi connectivity index (χ2n) is 12.7. The van der Waals surface area contributed by atoms with Crippen molar-refractivity contribution in [1.82, 2.24) is 10.2 Å². The van der Waals surface area contributed by atoms with E-state index in [0.29, 0.717) is 48.1 Å². The third kappa shape index (κ3) is 5.71. The molecule has 8 rings (SSSR count). The molecule has 2 aliphatic carbocycles. The predicted octanol–water partition coefficient (Wildman–Crippen LogP) is 7.58. The standard InChI is InChI=1S/C19H21NOS.C18H19NOS/c1-20-9-6-13(7-10-20)18-15-5-3-2-4-14(15)12-17(21)19-16(18)8-11-22-19;20-16-11-13-3-1-2-4-14(13)17(12-5-8-19-9-6-12)15-7-10-21-18(15)16/h2-5,8,11,13,18H,6-7,9-10,12H2,1H3;1-4,7,10,12,17,19H,5-6,8-9,11H2. The number of benzene rings is 2. The number of Topliss-reactive ketones (excluding diaryl/α,β-unsaturated/α-hetero) is 2. The van der Waals surface area contributed by atoms with Gasteiger partial charge in [-0.05, 0) is 127 Å². The number of nitrogens with one attached hydrogen (secondary N) is 1. The monoisotopic (exact) mass is 608 g/mol. The molecule has 2 aliphatic heterocycles. The molecule has 4 aliphatic rings. The SMILES string of the molecule is CN1CCC(C2c3ccccc3CC(=O)c3sccc32)CC1.O=C1Cc2ccccc2C(C2CCNCC2)c2ccsc21. The van der Waals surface area contributed by atoms with Crippen molar-refractivity contribution < 1.29 is 9.59 Å². The van der Waals surface area contributed by atoms with Crippen molar-refractivity contribution in [2.75, 3.05) is 33.2 Å². The minimum Gasteiger partial charge on any atom is -0.317 e. The Morgan fingerprint density at radius 2 is 1.09 bits per heavy atom. The maximum atomic E-state index is 12.6. The van der Waals surface area contributed by atoms with Crippen LogP contribution in [0.25, 0.3) is 0 Å². The summed E-state index contributed by atoms with van der Waals surface area (Å²) in [5.41, 5.74) is 7.81. The predicted molar refractivity (Wildman–Crippen MR) is 177 cm³/mol. The number of rotatable bonds is 2. The van der Waals surface area contributed by atoms with Crippen molar-refractivity contribution >= 4 is 34.2 Å². The Labute approximate surface area is 263 Å². The minimum absolute atomic E-state index is 0.295. The lowest BCUT2D eigenvalue weighted by Crippen LogP contribution is -2.33. The van der Waals surface area contributed by atoms with Crippen molar-refractivity contribution in [3.05, 3.63) is 115 Å². The first-order chi connectivity index (χ1) is 21.1. The highest BCUT2D eigenvalue weighted by Crippen LogP contribution is 2.45. The van der Waals surface area contributed by atoms with Gasteiger partial charge in [-0.1, -0.05) is 48.5 Å². The Hall–Kier alpha value is -2.90. The zero-order chi connectivity index (χ0) is 29.3. The molecule has 0 radical (unpaired) electrons. The molecule has 0 bridgehead atoms. The number of thiophene rings is 2. The summed E-state index contributed by atoms with van der Waals surface area (Å²) in [4.78, 5) is 29.6. The van der Waals surface area contributed by atoms with Gasteiger partial charge in [0.2, 0.25) is 0 Å². The van der Waals surface area contributed by atoms with Crippen LogP contribution in [-0.2, 0) is 12.8 Å². The molecular weight excluding hydrogens is 569 g/mol. The first-order valence-corrected chi connectivity index (χ1v) is 17.6. The number of piperidine rings is 2. The summed E-state index contributed by atoms with van der Waals surface area (Å²) >= 11 is 3.25. The number of carbonyl (C=O) groups excluding carboxylic acids is 2. The topological polar surface area (TPSA) is 49.4 Å². The molecule has 222 valence electrons. The van der Waals surface area contributed by atoms with Gasteiger partial charge in [-0.2, -0.15) is 0 Å². The van der Waals surface area contributed by atoms with Crippen molar-refractivity contribution in [2.45, 2.75) is 50.4 Å². The van der Waals surface area contributed by atoms with Gasteiger partial charge in [0.25, 0.3) is 0 Å². The van der Waals surface area contributed by atoms with Crippen LogP contribution in [0.3, 0.4) is 0 Å². The average Bonchev–Trinajstić information content (AvgIpc) is 3.68. The van der Waals surface area contributed by atoms with E-state index in [9.17, 15) is 9.59 Å². The zero-order valence-electron chi connectivity index (χ0n) is 24.9. The number of hydrogen-bond acceptors (Lipinski definition) is 6. The third-order valence-electron chi connectivity index (χ3n) is 10.1. The van der Waals surface area contributed by atoms with E-state index in [1.54, 1.807) is 22.7 Å². The summed E-state index contributed by atoms with van der Waals surface area (Å²) < 4.78 is 0. The highest BCUT2D eigenvalue weighted by molar-refractivity contribution is 7.12. The second kappa shape index (κ2) is 12.6. The minimum atomic E-state index is 0.295. The van der Waals surface area contributed by atoms with Crippen LogP contribution in [0, 0.1) is 11.8 Å². The summed E-state index contributed by atoms with van der Waals surface area (Å²) in [6, 6.07) is 21.5. The van der Waals surface area contributed by atoms with Crippen LogP contribution in [0.15, 0.2) is 71.4 Å². The molecule has 6 heteroatoms. The van der Waals surface area contributed by atoms with Gasteiger partial charge in [0.15, 0.2) is 11.6 Å². The van der Waals surface area contributed by atoms with Gasteiger partial charge < -0.3 is 10.2 Å². The number of ketones is 2. The van der Waals surface area contributed by atoms with Crippen molar-refractivity contribution in [2.24, 2.45) is 11.8 Å². The molecule has 0 spiro atoms. The molecule has 2 aromatic carbocycles. The summed E-state index contributed by atoms with van der Waals surface area (Å²) in [5.74, 6) is 2.69. The van der Waals surface area contributed by atoms with Gasteiger partial charge in [-0.3, -0.25) is 9.59 Å². The number of carbonyl (C=O) groups is 2. The van der Waals surface area contributed by atoms with E-state index in [1.165, 1.54) is 59.1 Å². The maximum Gasteiger partial charge on any atom is 0.177 e. The quantitative estimate of drug-likeness (QED) is 0.255. The third-order valence-corrected chi connectivity index (χ3v) is 12.1. The molecule has 2 unspecified atom stereocenters. The van der Waals surface area contributed by atoms with Gasteiger partial charge in [0.1, 0.15) is 0 Å². The molecular formula is C37H40N2O2S2. The molecule has 0 amide bonds. The molecule has 2 aromatic heterocycles. The van der Waals surface area contributed by atoms with E-state index in [-0.39, 0.29) is 0 Å². The van der Waals surface area contributed by atoms with Gasteiger partial charge in [0.05, 0.1) is 9.75 Å². The van der Waals surface area contributed by atoms with Gasteiger partial charge in [0, 0.05) is 24.7 Å². The normalized spacial score (nSPS) is 22.7. The second-order valence-corrected chi connectivity index (χ2v) is 14.5. The lowest BCUT2D eigenvalue weighted by atomic mass is 9.76. The fourth-order valence-corrected chi connectivity index (χ4v) is 9.75. The van der Waals surface area contributed by atoms with Crippen LogP contribution >= 0.6 is 22.7 Å². The highest BCUT2D eigenvalue weighted by Gasteiger charge is 2.36. The molecule has 0 saturated carbocycles. The number of hydrogen-bond donors (Lipinski definition) is 1. The highest BCUT2D eigenvalue weighted by atomic mass is 32.1. The molecule has 4 nitrogen and oxygen atoms in total. The van der Waals surface area contributed by atoms with Crippen LogP contribution in [0.4, 0.5) is 0 Å². The van der Waals surface area contributed by atoms with Crippen molar-refractivity contribution in [3.63, 3.8) is 0 Å². The van der Waals surface area contributed by atoms with E-state index in [4.69, 9.17) is 0 Å². The van der Waals surface area contributed by atoms with E-state index < -0.39 is 0 Å². The number of nitrogens with zero attached hydrogens (tertiary/aromatic N) is 1. The fraction of sp³-hybridized carbons (Fsp3) is 0.405. The molecule has 43 heavy (non-hydrogen) atoms. The summed E-state index contributed by atoms with van der Waals surface area (Å²) in [5, 5.41) is 7.64.